The number of aromatic nitrogens is 6. The highest BCUT2D eigenvalue weighted by atomic mass is 15.4. The van der Waals surface area contributed by atoms with Crippen molar-refractivity contribution < 1.29 is 0 Å². The number of anilines is 1. The minimum absolute atomic E-state index is 0.396. The van der Waals surface area contributed by atoms with Crippen molar-refractivity contribution in [3.63, 3.8) is 0 Å². The van der Waals surface area contributed by atoms with Crippen molar-refractivity contribution in [2.75, 3.05) is 5.73 Å². The van der Waals surface area contributed by atoms with Crippen molar-refractivity contribution >= 4 is 11.5 Å². The highest BCUT2D eigenvalue weighted by Crippen LogP contribution is 2.13. The van der Waals surface area contributed by atoms with Gasteiger partial charge in [-0.1, -0.05) is 0 Å². The van der Waals surface area contributed by atoms with Crippen molar-refractivity contribution in [3.05, 3.63) is 29.8 Å². The molecule has 0 saturated heterocycles. The average molecular weight is 229 g/mol. The maximum atomic E-state index is 5.74. The maximum Gasteiger partial charge on any atom is 0.255 e. The Hall–Kier alpha value is -2.44. The van der Waals surface area contributed by atoms with Crippen LogP contribution in [0.2, 0.25) is 0 Å². The van der Waals surface area contributed by atoms with Gasteiger partial charge >= 0.3 is 0 Å². The van der Waals surface area contributed by atoms with Crippen LogP contribution in [0.4, 0.5) is 5.82 Å². The van der Waals surface area contributed by atoms with E-state index < -0.39 is 0 Å². The summed E-state index contributed by atoms with van der Waals surface area (Å²) in [5, 5.41) is 8.47. The molecule has 3 aromatic heterocycles. The molecule has 3 heterocycles. The molecule has 0 bridgehead atoms. The van der Waals surface area contributed by atoms with Gasteiger partial charge in [0.1, 0.15) is 12.1 Å². The van der Waals surface area contributed by atoms with Gasteiger partial charge in [-0.3, -0.25) is 0 Å². The predicted molar refractivity (Wildman–Crippen MR) is 61.8 cm³/mol. The van der Waals surface area contributed by atoms with E-state index in [0.717, 1.165) is 11.4 Å². The van der Waals surface area contributed by atoms with E-state index in [1.54, 1.807) is 15.3 Å². The molecule has 0 aromatic carbocycles. The first-order chi connectivity index (χ1) is 8.15. The summed E-state index contributed by atoms with van der Waals surface area (Å²) in [4.78, 5) is 8.35. The number of nitrogens with zero attached hydrogens (tertiary/aromatic N) is 6. The monoisotopic (exact) mass is 229 g/mol. The largest absolute Gasteiger partial charge is 0.383 e. The van der Waals surface area contributed by atoms with Crippen LogP contribution in [0.15, 0.2) is 18.5 Å². The van der Waals surface area contributed by atoms with E-state index in [1.807, 2.05) is 19.9 Å². The van der Waals surface area contributed by atoms with Crippen LogP contribution in [0.25, 0.3) is 11.6 Å². The van der Waals surface area contributed by atoms with Gasteiger partial charge in [0, 0.05) is 11.8 Å². The normalized spacial score (nSPS) is 11.2. The van der Waals surface area contributed by atoms with Gasteiger partial charge in [0.05, 0.1) is 5.69 Å². The lowest BCUT2D eigenvalue weighted by molar-refractivity contribution is 0.730. The van der Waals surface area contributed by atoms with Gasteiger partial charge in [0.25, 0.3) is 5.95 Å². The highest BCUT2D eigenvalue weighted by Gasteiger charge is 2.11. The van der Waals surface area contributed by atoms with E-state index in [2.05, 4.69) is 20.2 Å². The Kier molecular flexibility index (Phi) is 1.88. The second-order valence-electron chi connectivity index (χ2n) is 3.85. The van der Waals surface area contributed by atoms with Gasteiger partial charge in [-0.15, -0.1) is 0 Å². The molecule has 17 heavy (non-hydrogen) atoms. The minimum atomic E-state index is 0.396. The lowest BCUT2D eigenvalue weighted by Crippen LogP contribution is -2.11. The molecule has 0 saturated carbocycles. The van der Waals surface area contributed by atoms with Crippen LogP contribution in [0.3, 0.4) is 0 Å². The summed E-state index contributed by atoms with van der Waals surface area (Å²) in [6, 6.07) is 3.63. The van der Waals surface area contributed by atoms with Crippen molar-refractivity contribution in [1.82, 2.24) is 29.4 Å². The zero-order chi connectivity index (χ0) is 12.0. The molecular formula is C10H11N7. The van der Waals surface area contributed by atoms with Gasteiger partial charge in [-0.2, -0.15) is 19.7 Å². The second-order valence-corrected chi connectivity index (χ2v) is 3.85. The second kappa shape index (κ2) is 3.27. The summed E-state index contributed by atoms with van der Waals surface area (Å²) in [5.41, 5.74) is 8.28. The molecule has 7 heteroatoms. The number of nitrogen functional groups attached to an aromatic ring is 1. The summed E-state index contributed by atoms with van der Waals surface area (Å²) in [5.74, 6) is 0.941. The molecule has 0 atom stereocenters. The molecule has 7 nitrogen and oxygen atoms in total. The third-order valence-electron chi connectivity index (χ3n) is 2.47. The molecule has 3 aromatic rings. The van der Waals surface area contributed by atoms with Gasteiger partial charge < -0.3 is 5.73 Å². The number of nitrogens with two attached hydrogens (primary N) is 1. The lowest BCUT2D eigenvalue weighted by atomic mass is 10.4. The fourth-order valence-electron chi connectivity index (χ4n) is 1.80. The third kappa shape index (κ3) is 1.43. The molecule has 3 rings (SSSR count). The van der Waals surface area contributed by atoms with E-state index in [4.69, 9.17) is 5.73 Å². The zero-order valence-corrected chi connectivity index (χ0v) is 9.49. The smallest absolute Gasteiger partial charge is 0.255 e. The van der Waals surface area contributed by atoms with Crippen LogP contribution in [0, 0.1) is 13.8 Å². The predicted octanol–water partition coefficient (Wildman–Crippen LogP) is 0.509. The standard InChI is InChI=1S/C10H11N7/c1-6-3-7(2)16(15-6)10-14-8(11)4-9-12-5-13-17(9)10/h3-5H,11H2,1-2H3. The van der Waals surface area contributed by atoms with Gasteiger partial charge in [0.15, 0.2) is 5.65 Å². The fraction of sp³-hybridized carbons (Fsp3) is 0.200. The van der Waals surface area contributed by atoms with E-state index in [0.29, 0.717) is 17.4 Å². The summed E-state index contributed by atoms with van der Waals surface area (Å²) in [7, 11) is 0. The van der Waals surface area contributed by atoms with E-state index >= 15 is 0 Å². The number of fused-ring (bicyclic) bond motifs is 1. The van der Waals surface area contributed by atoms with Crippen molar-refractivity contribution in [3.8, 4) is 5.95 Å². The molecular weight excluding hydrogens is 218 g/mol. The third-order valence-corrected chi connectivity index (χ3v) is 2.47. The Morgan fingerprint density at radius 1 is 1.24 bits per heavy atom. The first kappa shape index (κ1) is 9.76. The average Bonchev–Trinajstić information content (AvgIpc) is 2.83. The SMILES string of the molecule is Cc1cc(C)n(-c2nc(N)cc3ncnn23)n1. The van der Waals surface area contributed by atoms with Gasteiger partial charge in [-0.25, -0.2) is 9.67 Å². The topological polar surface area (TPSA) is 86.9 Å². The Labute approximate surface area is 96.9 Å². The Morgan fingerprint density at radius 3 is 2.76 bits per heavy atom. The van der Waals surface area contributed by atoms with Crippen LogP contribution in [0.1, 0.15) is 11.4 Å². The summed E-state index contributed by atoms with van der Waals surface area (Å²) in [6.45, 7) is 3.88. The molecule has 0 radical (unpaired) electrons. The molecule has 86 valence electrons. The summed E-state index contributed by atoms with van der Waals surface area (Å²) >= 11 is 0. The molecule has 0 aliphatic heterocycles. The van der Waals surface area contributed by atoms with Crippen LogP contribution in [0.5, 0.6) is 0 Å². The lowest BCUT2D eigenvalue weighted by Gasteiger charge is -2.05. The van der Waals surface area contributed by atoms with Crippen molar-refractivity contribution in [1.29, 1.82) is 0 Å². The first-order valence-corrected chi connectivity index (χ1v) is 5.15. The first-order valence-electron chi connectivity index (χ1n) is 5.15. The number of rotatable bonds is 1. The number of aryl methyl sites for hydroxylation is 2. The molecule has 0 unspecified atom stereocenters. The molecule has 0 aliphatic rings. The van der Waals surface area contributed by atoms with E-state index in [-0.39, 0.29) is 0 Å². The fourth-order valence-corrected chi connectivity index (χ4v) is 1.80. The molecule has 0 spiro atoms. The summed E-state index contributed by atoms with van der Waals surface area (Å²) < 4.78 is 3.31. The van der Waals surface area contributed by atoms with Crippen LogP contribution < -0.4 is 5.73 Å². The van der Waals surface area contributed by atoms with Gasteiger partial charge in [0.2, 0.25) is 0 Å². The molecule has 0 amide bonds. The highest BCUT2D eigenvalue weighted by molar-refractivity contribution is 5.49. The van der Waals surface area contributed by atoms with Crippen LogP contribution >= 0.6 is 0 Å². The van der Waals surface area contributed by atoms with Crippen molar-refractivity contribution in [2.24, 2.45) is 0 Å². The maximum absolute atomic E-state index is 5.74. The summed E-state index contributed by atoms with van der Waals surface area (Å²) in [6.07, 6.45) is 1.46. The quantitative estimate of drug-likeness (QED) is 0.657. The Balaban J connectivity index is 2.36. The molecule has 2 N–H and O–H groups in total. The minimum Gasteiger partial charge on any atom is -0.383 e. The van der Waals surface area contributed by atoms with Crippen LogP contribution in [-0.4, -0.2) is 29.4 Å². The Bertz CT molecular complexity index is 694. The van der Waals surface area contributed by atoms with Crippen molar-refractivity contribution in [2.45, 2.75) is 13.8 Å². The van der Waals surface area contributed by atoms with E-state index in [1.165, 1.54) is 6.33 Å². The zero-order valence-electron chi connectivity index (χ0n) is 9.49. The number of hydrogen-bond acceptors (Lipinski definition) is 5. The molecule has 0 fully saturated rings. The number of hydrogen-bond donors (Lipinski definition) is 1. The van der Waals surface area contributed by atoms with E-state index in [9.17, 15) is 0 Å². The Morgan fingerprint density at radius 2 is 2.06 bits per heavy atom. The van der Waals surface area contributed by atoms with Crippen LogP contribution in [-0.2, 0) is 0 Å². The molecule has 0 aliphatic carbocycles. The van der Waals surface area contributed by atoms with Gasteiger partial charge in [-0.05, 0) is 19.9 Å².